The van der Waals surface area contributed by atoms with Crippen LogP contribution < -0.4 is 21.6 Å². The Hall–Kier alpha value is -1.86. The molecule has 0 unspecified atom stereocenters. The van der Waals surface area contributed by atoms with Gasteiger partial charge in [0.15, 0.2) is 0 Å². The summed E-state index contributed by atoms with van der Waals surface area (Å²) in [4.78, 5) is 24.3. The maximum atomic E-state index is 12.7. The second-order valence-electron chi connectivity index (χ2n) is 13.5. The number of carbonyl (C=O) groups is 1. The van der Waals surface area contributed by atoms with Gasteiger partial charge in [-0.3, -0.25) is 0 Å². The lowest BCUT2D eigenvalue weighted by atomic mass is 9.43. The molecule has 1 aromatic heterocycles. The molecule has 0 aromatic carbocycles. The first-order chi connectivity index (χ1) is 17.7. The number of urea groups is 1. The van der Waals surface area contributed by atoms with Gasteiger partial charge in [0.05, 0.1) is 11.9 Å². The van der Waals surface area contributed by atoms with Gasteiger partial charge in [-0.25, -0.2) is 9.59 Å². The molecule has 204 valence electrons. The highest BCUT2D eigenvalue weighted by atomic mass is 16.4. The molecule has 6 rings (SSSR count). The number of rotatable bonds is 3. The number of hydrogen-bond donors (Lipinski definition) is 4. The molecule has 5 fully saturated rings. The number of carbonyl (C=O) groups excluding carboxylic acids is 1. The third kappa shape index (κ3) is 4.15. The summed E-state index contributed by atoms with van der Waals surface area (Å²) in [6.45, 7) is 6.69. The van der Waals surface area contributed by atoms with Gasteiger partial charge in [0.2, 0.25) is 0 Å². The van der Waals surface area contributed by atoms with Crippen LogP contribution in [-0.4, -0.2) is 41.9 Å². The molecule has 1 saturated heterocycles. The van der Waals surface area contributed by atoms with Crippen LogP contribution in [0.5, 0.6) is 0 Å². The van der Waals surface area contributed by atoms with Crippen molar-refractivity contribution in [1.82, 2.24) is 16.0 Å². The van der Waals surface area contributed by atoms with Gasteiger partial charge in [-0.05, 0) is 118 Å². The quantitative estimate of drug-likeness (QED) is 0.485. The highest BCUT2D eigenvalue weighted by Crippen LogP contribution is 2.70. The van der Waals surface area contributed by atoms with E-state index in [4.69, 9.17) is 4.42 Å². The lowest BCUT2D eigenvalue weighted by Gasteiger charge is -2.63. The summed E-state index contributed by atoms with van der Waals surface area (Å²) in [7, 11) is 0. The Kier molecular flexibility index (Phi) is 6.46. The van der Waals surface area contributed by atoms with E-state index >= 15 is 0 Å². The Balaban J connectivity index is 1.14. The van der Waals surface area contributed by atoms with Gasteiger partial charge in [0.1, 0.15) is 0 Å². The number of aliphatic hydroxyl groups is 1. The molecule has 37 heavy (non-hydrogen) atoms. The van der Waals surface area contributed by atoms with Gasteiger partial charge in [-0.1, -0.05) is 13.8 Å². The van der Waals surface area contributed by atoms with Crippen molar-refractivity contribution >= 4 is 6.03 Å². The zero-order valence-corrected chi connectivity index (χ0v) is 22.6. The largest absolute Gasteiger partial charge is 0.431 e. The fourth-order valence-corrected chi connectivity index (χ4v) is 9.85. The summed E-state index contributed by atoms with van der Waals surface area (Å²) in [6, 6.07) is 3.90. The minimum absolute atomic E-state index is 0.00697. The lowest BCUT2D eigenvalue weighted by Crippen LogP contribution is -2.62. The standard InChI is InChI=1S/C30H45N3O4/c1-28-12-9-21(32-27(35)33-22-4-3-15-31-17-22)16-20(28)6-7-25-24(28)10-13-29(2)23(11-14-30(25,29)36)19-5-8-26(34)37-18-19/h5,8,18,20-25,31,36H,3-4,6-7,9-17H2,1-2H3,(H2,32,33,35)/t20-,21+,22-,23-,24+,25-,28+,29-,30+/m1/s1. The molecule has 0 radical (unpaired) electrons. The van der Waals surface area contributed by atoms with E-state index < -0.39 is 5.60 Å². The molecule has 4 aliphatic carbocycles. The van der Waals surface area contributed by atoms with Crippen LogP contribution in [0.2, 0.25) is 0 Å². The summed E-state index contributed by atoms with van der Waals surface area (Å²) in [5.74, 6) is 1.67. The topological polar surface area (TPSA) is 104 Å². The summed E-state index contributed by atoms with van der Waals surface area (Å²) in [6.07, 6.45) is 13.1. The number of amides is 2. The predicted octanol–water partition coefficient (Wildman–Crippen LogP) is 4.30. The summed E-state index contributed by atoms with van der Waals surface area (Å²) >= 11 is 0. The Bertz CT molecular complexity index is 1050. The summed E-state index contributed by atoms with van der Waals surface area (Å²) in [5.41, 5.74) is 0.103. The Morgan fingerprint density at radius 2 is 1.84 bits per heavy atom. The first-order valence-corrected chi connectivity index (χ1v) is 14.8. The first-order valence-electron chi connectivity index (χ1n) is 14.8. The van der Waals surface area contributed by atoms with Crippen molar-refractivity contribution in [2.24, 2.45) is 28.6 Å². The molecule has 0 bridgehead atoms. The molecule has 2 heterocycles. The second-order valence-corrected chi connectivity index (χ2v) is 13.5. The second kappa shape index (κ2) is 9.41. The van der Waals surface area contributed by atoms with Crippen LogP contribution in [0.25, 0.3) is 0 Å². The van der Waals surface area contributed by atoms with Crippen LogP contribution in [0.15, 0.2) is 27.6 Å². The number of piperidine rings is 1. The van der Waals surface area contributed by atoms with Gasteiger partial charge in [-0.2, -0.15) is 0 Å². The van der Waals surface area contributed by atoms with E-state index in [1.54, 1.807) is 6.26 Å². The SMILES string of the molecule is C[C@]12CC[C@H](NC(=O)N[C@@H]3CCCNC3)C[C@H]1CC[C@@H]1[C@@H]2CC[C@]2(C)[C@@H](c3ccc(=O)oc3)CC[C@]12O. The molecule has 7 nitrogen and oxygen atoms in total. The van der Waals surface area contributed by atoms with Crippen molar-refractivity contribution in [3.8, 4) is 0 Å². The molecular formula is C30H45N3O4. The number of fused-ring (bicyclic) bond motifs is 5. The van der Waals surface area contributed by atoms with Gasteiger partial charge in [-0.15, -0.1) is 0 Å². The van der Waals surface area contributed by atoms with E-state index in [1.807, 2.05) is 6.07 Å². The molecule has 9 atom stereocenters. The molecule has 4 N–H and O–H groups in total. The van der Waals surface area contributed by atoms with Crippen LogP contribution in [0.4, 0.5) is 4.79 Å². The minimum atomic E-state index is -0.673. The van der Waals surface area contributed by atoms with E-state index in [9.17, 15) is 14.7 Å². The average Bonchev–Trinajstić information content (AvgIpc) is 3.16. The fourth-order valence-electron chi connectivity index (χ4n) is 9.85. The molecule has 7 heteroatoms. The highest BCUT2D eigenvalue weighted by molar-refractivity contribution is 5.74. The number of nitrogens with one attached hydrogen (secondary N) is 3. The van der Waals surface area contributed by atoms with Crippen LogP contribution in [0, 0.1) is 28.6 Å². The Morgan fingerprint density at radius 1 is 1.00 bits per heavy atom. The van der Waals surface area contributed by atoms with Crippen molar-refractivity contribution in [3.63, 3.8) is 0 Å². The maximum absolute atomic E-state index is 12.7. The highest BCUT2D eigenvalue weighted by Gasteiger charge is 2.67. The van der Waals surface area contributed by atoms with Gasteiger partial charge in [0.25, 0.3) is 0 Å². The van der Waals surface area contributed by atoms with Crippen molar-refractivity contribution in [3.05, 3.63) is 34.4 Å². The molecule has 1 aromatic rings. The van der Waals surface area contributed by atoms with Crippen molar-refractivity contribution < 1.29 is 14.3 Å². The predicted molar refractivity (Wildman–Crippen MR) is 142 cm³/mol. The third-order valence-corrected chi connectivity index (χ3v) is 11.9. The normalized spacial score (nSPS) is 45.3. The summed E-state index contributed by atoms with van der Waals surface area (Å²) in [5, 5.41) is 22.3. The van der Waals surface area contributed by atoms with Crippen LogP contribution in [0.3, 0.4) is 0 Å². The van der Waals surface area contributed by atoms with Crippen LogP contribution >= 0.6 is 0 Å². The zero-order chi connectivity index (χ0) is 25.8. The van der Waals surface area contributed by atoms with Gasteiger partial charge < -0.3 is 25.5 Å². The third-order valence-electron chi connectivity index (χ3n) is 11.9. The minimum Gasteiger partial charge on any atom is -0.431 e. The van der Waals surface area contributed by atoms with Crippen molar-refractivity contribution in [1.29, 1.82) is 0 Å². The molecular weight excluding hydrogens is 466 g/mol. The van der Waals surface area contributed by atoms with E-state index in [0.717, 1.165) is 89.3 Å². The average molecular weight is 512 g/mol. The molecule has 2 amide bonds. The molecule has 1 aliphatic heterocycles. The van der Waals surface area contributed by atoms with Gasteiger partial charge >= 0.3 is 11.7 Å². The van der Waals surface area contributed by atoms with Crippen LogP contribution in [-0.2, 0) is 0 Å². The van der Waals surface area contributed by atoms with E-state index in [2.05, 4.69) is 29.8 Å². The van der Waals surface area contributed by atoms with E-state index in [1.165, 1.54) is 6.07 Å². The summed E-state index contributed by atoms with van der Waals surface area (Å²) < 4.78 is 5.23. The Labute approximate surface area is 220 Å². The van der Waals surface area contributed by atoms with Crippen LogP contribution in [0.1, 0.15) is 96.0 Å². The molecule has 4 saturated carbocycles. The molecule has 5 aliphatic rings. The molecule has 0 spiro atoms. The fraction of sp³-hybridized carbons (Fsp3) is 0.800. The van der Waals surface area contributed by atoms with E-state index in [-0.39, 0.29) is 40.5 Å². The maximum Gasteiger partial charge on any atom is 0.335 e. The zero-order valence-electron chi connectivity index (χ0n) is 22.6. The first kappa shape index (κ1) is 25.4. The smallest absolute Gasteiger partial charge is 0.335 e. The van der Waals surface area contributed by atoms with Crippen molar-refractivity contribution in [2.75, 3.05) is 13.1 Å². The monoisotopic (exact) mass is 511 g/mol. The van der Waals surface area contributed by atoms with Gasteiger partial charge in [0, 0.05) is 30.1 Å². The lowest BCUT2D eigenvalue weighted by molar-refractivity contribution is -0.201. The Morgan fingerprint density at radius 3 is 2.59 bits per heavy atom. The number of hydrogen-bond acceptors (Lipinski definition) is 5. The van der Waals surface area contributed by atoms with E-state index in [0.29, 0.717) is 17.8 Å². The van der Waals surface area contributed by atoms with Crippen molar-refractivity contribution in [2.45, 2.75) is 108 Å².